The van der Waals surface area contributed by atoms with Crippen molar-refractivity contribution in [2.75, 3.05) is 0 Å². The third-order valence-corrected chi connectivity index (χ3v) is 3.99. The molecule has 1 fully saturated rings. The van der Waals surface area contributed by atoms with E-state index in [2.05, 4.69) is 13.0 Å². The number of rotatable bonds is 4. The molecule has 2 N–H and O–H groups in total. The molecule has 0 atom stereocenters. The first-order chi connectivity index (χ1) is 8.74. The summed E-state index contributed by atoms with van der Waals surface area (Å²) in [4.78, 5) is 11.6. The molecule has 1 aliphatic rings. The minimum Gasteiger partial charge on any atom is -0.366 e. The third kappa shape index (κ3) is 2.74. The Labute approximate surface area is 110 Å². The van der Waals surface area contributed by atoms with Crippen LogP contribution in [-0.4, -0.2) is 5.91 Å². The Morgan fingerprint density at radius 2 is 2.00 bits per heavy atom. The molecule has 98 valence electrons. The van der Waals surface area contributed by atoms with Crippen LogP contribution >= 0.6 is 0 Å². The summed E-state index contributed by atoms with van der Waals surface area (Å²) in [5, 5.41) is 0. The molecule has 0 saturated heterocycles. The first kappa shape index (κ1) is 13.1. The van der Waals surface area contributed by atoms with Crippen molar-refractivity contribution >= 4 is 5.91 Å². The second kappa shape index (κ2) is 6.03. The molecular weight excluding hydrogens is 222 g/mol. The summed E-state index contributed by atoms with van der Waals surface area (Å²) >= 11 is 0. The van der Waals surface area contributed by atoms with Crippen LogP contribution < -0.4 is 5.73 Å². The summed E-state index contributed by atoms with van der Waals surface area (Å²) in [5.74, 6) is 0.275. The Balaban J connectivity index is 2.41. The fourth-order valence-corrected chi connectivity index (χ4v) is 3.19. The molecule has 2 nitrogen and oxygen atoms in total. The van der Waals surface area contributed by atoms with Gasteiger partial charge in [-0.1, -0.05) is 44.7 Å². The summed E-state index contributed by atoms with van der Waals surface area (Å²) in [7, 11) is 0. The molecule has 0 aromatic heterocycles. The van der Waals surface area contributed by atoms with Crippen molar-refractivity contribution in [2.24, 2.45) is 5.73 Å². The highest BCUT2D eigenvalue weighted by molar-refractivity contribution is 5.94. The maximum Gasteiger partial charge on any atom is 0.248 e. The fourth-order valence-electron chi connectivity index (χ4n) is 3.19. The van der Waals surface area contributed by atoms with E-state index in [1.165, 1.54) is 43.2 Å². The van der Waals surface area contributed by atoms with Gasteiger partial charge in [0.05, 0.1) is 0 Å². The lowest BCUT2D eigenvalue weighted by molar-refractivity contribution is 0.0998. The highest BCUT2D eigenvalue weighted by Crippen LogP contribution is 2.36. The van der Waals surface area contributed by atoms with Crippen molar-refractivity contribution in [3.63, 3.8) is 0 Å². The van der Waals surface area contributed by atoms with Gasteiger partial charge in [-0.2, -0.15) is 0 Å². The first-order valence-electron chi connectivity index (χ1n) is 7.15. The molecule has 0 unspecified atom stereocenters. The second-order valence-corrected chi connectivity index (χ2v) is 5.33. The molecule has 0 radical (unpaired) electrons. The van der Waals surface area contributed by atoms with Crippen LogP contribution in [0.3, 0.4) is 0 Å². The molecule has 18 heavy (non-hydrogen) atoms. The van der Waals surface area contributed by atoms with Crippen LogP contribution in [0.4, 0.5) is 0 Å². The zero-order valence-electron chi connectivity index (χ0n) is 11.2. The van der Waals surface area contributed by atoms with Crippen LogP contribution in [-0.2, 0) is 6.42 Å². The lowest BCUT2D eigenvalue weighted by Gasteiger charge is -2.26. The number of amides is 1. The number of hydrogen-bond acceptors (Lipinski definition) is 1. The highest BCUT2D eigenvalue weighted by atomic mass is 16.1. The van der Waals surface area contributed by atoms with E-state index in [1.54, 1.807) is 0 Å². The largest absolute Gasteiger partial charge is 0.366 e. The molecule has 1 amide bonds. The topological polar surface area (TPSA) is 43.1 Å². The first-order valence-corrected chi connectivity index (χ1v) is 7.15. The number of carbonyl (C=O) groups excluding carboxylic acids is 1. The molecule has 0 spiro atoms. The summed E-state index contributed by atoms with van der Waals surface area (Å²) in [6.45, 7) is 2.18. The Kier molecular flexibility index (Phi) is 4.40. The number of benzene rings is 1. The van der Waals surface area contributed by atoms with Gasteiger partial charge in [-0.3, -0.25) is 4.79 Å². The van der Waals surface area contributed by atoms with Crippen LogP contribution in [0.15, 0.2) is 18.2 Å². The van der Waals surface area contributed by atoms with Crippen LogP contribution in [0.25, 0.3) is 0 Å². The van der Waals surface area contributed by atoms with Gasteiger partial charge in [0.25, 0.3) is 0 Å². The Hall–Kier alpha value is -1.31. The molecule has 0 heterocycles. The standard InChI is InChI=1S/C16H23NO/c1-2-7-12-10-6-11-14(16(17)18)15(12)13-8-4-3-5-9-13/h6,10-11,13H,2-5,7-9H2,1H3,(H2,17,18). The van der Waals surface area contributed by atoms with E-state index in [9.17, 15) is 4.79 Å². The van der Waals surface area contributed by atoms with Crippen molar-refractivity contribution in [1.82, 2.24) is 0 Å². The zero-order valence-corrected chi connectivity index (χ0v) is 11.2. The van der Waals surface area contributed by atoms with Gasteiger partial charge in [0.1, 0.15) is 0 Å². The normalized spacial score (nSPS) is 16.7. The van der Waals surface area contributed by atoms with Gasteiger partial charge in [-0.25, -0.2) is 0 Å². The predicted molar refractivity (Wildman–Crippen MR) is 74.8 cm³/mol. The van der Waals surface area contributed by atoms with E-state index in [1.807, 2.05) is 12.1 Å². The van der Waals surface area contributed by atoms with Gasteiger partial charge in [-0.05, 0) is 42.4 Å². The molecule has 1 aliphatic carbocycles. The number of primary amides is 1. The average Bonchev–Trinajstić information content (AvgIpc) is 2.40. The van der Waals surface area contributed by atoms with E-state index in [4.69, 9.17) is 5.73 Å². The minimum atomic E-state index is -0.270. The van der Waals surface area contributed by atoms with Gasteiger partial charge in [0.2, 0.25) is 5.91 Å². The van der Waals surface area contributed by atoms with Crippen LogP contribution in [0.2, 0.25) is 0 Å². The smallest absolute Gasteiger partial charge is 0.248 e. The molecule has 2 heteroatoms. The lowest BCUT2D eigenvalue weighted by Crippen LogP contribution is -2.18. The highest BCUT2D eigenvalue weighted by Gasteiger charge is 2.22. The number of hydrogen-bond donors (Lipinski definition) is 1. The predicted octanol–water partition coefficient (Wildman–Crippen LogP) is 3.79. The third-order valence-electron chi connectivity index (χ3n) is 3.99. The SMILES string of the molecule is CCCc1cccc(C(N)=O)c1C1CCCCC1. The van der Waals surface area contributed by atoms with E-state index >= 15 is 0 Å². The van der Waals surface area contributed by atoms with Crippen LogP contribution in [0.5, 0.6) is 0 Å². The van der Waals surface area contributed by atoms with E-state index in [0.29, 0.717) is 5.92 Å². The van der Waals surface area contributed by atoms with Crippen molar-refractivity contribution in [1.29, 1.82) is 0 Å². The average molecular weight is 245 g/mol. The van der Waals surface area contributed by atoms with Gasteiger partial charge >= 0.3 is 0 Å². The Morgan fingerprint density at radius 3 is 2.61 bits per heavy atom. The monoisotopic (exact) mass is 245 g/mol. The van der Waals surface area contributed by atoms with Crippen molar-refractivity contribution in [3.8, 4) is 0 Å². The van der Waals surface area contributed by atoms with E-state index in [0.717, 1.165) is 18.4 Å². The van der Waals surface area contributed by atoms with Gasteiger partial charge in [0, 0.05) is 5.56 Å². The van der Waals surface area contributed by atoms with Gasteiger partial charge in [0.15, 0.2) is 0 Å². The van der Waals surface area contributed by atoms with Gasteiger partial charge < -0.3 is 5.73 Å². The molecule has 2 rings (SSSR count). The summed E-state index contributed by atoms with van der Waals surface area (Å²) in [6, 6.07) is 6.03. The Morgan fingerprint density at radius 1 is 1.28 bits per heavy atom. The number of aryl methyl sites for hydroxylation is 1. The number of carbonyl (C=O) groups is 1. The van der Waals surface area contributed by atoms with Crippen molar-refractivity contribution in [3.05, 3.63) is 34.9 Å². The molecule has 0 bridgehead atoms. The molecule has 1 aromatic rings. The molecule has 1 aromatic carbocycles. The molecule has 0 aliphatic heterocycles. The van der Waals surface area contributed by atoms with E-state index in [-0.39, 0.29) is 5.91 Å². The zero-order chi connectivity index (χ0) is 13.0. The maximum atomic E-state index is 11.6. The number of nitrogens with two attached hydrogens (primary N) is 1. The van der Waals surface area contributed by atoms with Crippen LogP contribution in [0, 0.1) is 0 Å². The van der Waals surface area contributed by atoms with Crippen molar-refractivity contribution in [2.45, 2.75) is 57.8 Å². The van der Waals surface area contributed by atoms with Gasteiger partial charge in [-0.15, -0.1) is 0 Å². The summed E-state index contributed by atoms with van der Waals surface area (Å²) < 4.78 is 0. The lowest BCUT2D eigenvalue weighted by atomic mass is 9.79. The van der Waals surface area contributed by atoms with Crippen LogP contribution in [0.1, 0.15) is 72.9 Å². The maximum absolute atomic E-state index is 11.6. The van der Waals surface area contributed by atoms with E-state index < -0.39 is 0 Å². The fraction of sp³-hybridized carbons (Fsp3) is 0.562. The molecule has 1 saturated carbocycles. The Bertz CT molecular complexity index is 419. The second-order valence-electron chi connectivity index (χ2n) is 5.33. The van der Waals surface area contributed by atoms with Crippen molar-refractivity contribution < 1.29 is 4.79 Å². The quantitative estimate of drug-likeness (QED) is 0.861. The summed E-state index contributed by atoms with van der Waals surface area (Å²) in [6.07, 6.45) is 8.47. The summed E-state index contributed by atoms with van der Waals surface area (Å²) in [5.41, 5.74) is 8.89. The molecular formula is C16H23NO. The minimum absolute atomic E-state index is 0.270.